The molecule has 2 N–H and O–H groups in total. The zero-order chi connectivity index (χ0) is 12.3. The van der Waals surface area contributed by atoms with E-state index in [0.29, 0.717) is 19.0 Å². The number of benzene rings is 1. The van der Waals surface area contributed by atoms with Crippen LogP contribution in [0, 0.1) is 0 Å². The van der Waals surface area contributed by atoms with Crippen molar-refractivity contribution in [2.45, 2.75) is 6.54 Å². The van der Waals surface area contributed by atoms with Crippen LogP contribution in [0.3, 0.4) is 0 Å². The van der Waals surface area contributed by atoms with Gasteiger partial charge >= 0.3 is 0 Å². The molecule has 0 fully saturated rings. The molecule has 0 saturated heterocycles. The minimum Gasteiger partial charge on any atom is -0.386 e. The standard InChI is InChI=1S/C12H16ClN3O/c1-17-5-4-16-7-9-6-10(13)2-3-11(9)15-12(14)8-16/h2-3,6H,4-5,7-8H2,1H3,(H2,14,15). The largest absolute Gasteiger partial charge is 0.386 e. The lowest BCUT2D eigenvalue weighted by Crippen LogP contribution is -2.34. The first kappa shape index (κ1) is 12.4. The second-order valence-corrected chi connectivity index (χ2v) is 4.52. The average molecular weight is 254 g/mol. The molecule has 0 saturated carbocycles. The van der Waals surface area contributed by atoms with Crippen molar-refractivity contribution < 1.29 is 4.74 Å². The molecule has 5 heteroatoms. The van der Waals surface area contributed by atoms with Crippen molar-refractivity contribution in [3.63, 3.8) is 0 Å². The predicted molar refractivity (Wildman–Crippen MR) is 69.9 cm³/mol. The molecule has 0 aliphatic carbocycles. The summed E-state index contributed by atoms with van der Waals surface area (Å²) in [6.07, 6.45) is 0. The van der Waals surface area contributed by atoms with E-state index in [-0.39, 0.29) is 0 Å². The van der Waals surface area contributed by atoms with Crippen LogP contribution in [-0.2, 0) is 11.3 Å². The molecule has 2 rings (SSSR count). The third-order valence-corrected chi connectivity index (χ3v) is 2.93. The third-order valence-electron chi connectivity index (χ3n) is 2.70. The first-order chi connectivity index (χ1) is 8.19. The Morgan fingerprint density at radius 3 is 3.06 bits per heavy atom. The van der Waals surface area contributed by atoms with Crippen molar-refractivity contribution >= 4 is 23.1 Å². The third kappa shape index (κ3) is 3.19. The normalized spacial score (nSPS) is 16.2. The van der Waals surface area contributed by atoms with Crippen molar-refractivity contribution in [3.8, 4) is 0 Å². The van der Waals surface area contributed by atoms with E-state index in [0.717, 1.165) is 29.4 Å². The number of amidine groups is 1. The molecule has 0 bridgehead atoms. The Balaban J connectivity index is 2.23. The van der Waals surface area contributed by atoms with Crippen molar-refractivity contribution in [2.24, 2.45) is 10.7 Å². The first-order valence-electron chi connectivity index (χ1n) is 5.52. The fourth-order valence-corrected chi connectivity index (χ4v) is 2.08. The summed E-state index contributed by atoms with van der Waals surface area (Å²) in [7, 11) is 1.69. The fraction of sp³-hybridized carbons (Fsp3) is 0.417. The van der Waals surface area contributed by atoms with Gasteiger partial charge in [0.2, 0.25) is 0 Å². The van der Waals surface area contributed by atoms with Crippen LogP contribution in [0.4, 0.5) is 5.69 Å². The van der Waals surface area contributed by atoms with Crippen LogP contribution in [-0.4, -0.2) is 37.5 Å². The summed E-state index contributed by atoms with van der Waals surface area (Å²) in [4.78, 5) is 6.59. The molecule has 1 heterocycles. The maximum atomic E-state index is 6.00. The molecule has 17 heavy (non-hydrogen) atoms. The molecule has 0 aromatic heterocycles. The van der Waals surface area contributed by atoms with Crippen LogP contribution in [0.1, 0.15) is 5.56 Å². The summed E-state index contributed by atoms with van der Waals surface area (Å²) < 4.78 is 5.08. The number of aliphatic imine (C=N–C) groups is 1. The monoisotopic (exact) mass is 253 g/mol. The molecule has 1 aliphatic heterocycles. The molecule has 1 aromatic rings. The minimum atomic E-state index is 0.627. The molecule has 1 aromatic carbocycles. The molecule has 92 valence electrons. The maximum Gasteiger partial charge on any atom is 0.114 e. The Morgan fingerprint density at radius 1 is 1.47 bits per heavy atom. The van der Waals surface area contributed by atoms with Gasteiger partial charge in [-0.05, 0) is 23.8 Å². The van der Waals surface area contributed by atoms with Crippen molar-refractivity contribution in [1.29, 1.82) is 0 Å². The summed E-state index contributed by atoms with van der Waals surface area (Å²) in [5.74, 6) is 0.627. The smallest absolute Gasteiger partial charge is 0.114 e. The van der Waals surface area contributed by atoms with Crippen LogP contribution < -0.4 is 5.73 Å². The highest BCUT2D eigenvalue weighted by Crippen LogP contribution is 2.26. The molecular formula is C12H16ClN3O. The van der Waals surface area contributed by atoms with Crippen LogP contribution in [0.2, 0.25) is 5.02 Å². The lowest BCUT2D eigenvalue weighted by molar-refractivity contribution is 0.153. The number of hydrogen-bond acceptors (Lipinski definition) is 4. The topological polar surface area (TPSA) is 50.9 Å². The van der Waals surface area contributed by atoms with Crippen molar-refractivity contribution in [3.05, 3.63) is 28.8 Å². The zero-order valence-electron chi connectivity index (χ0n) is 9.82. The molecule has 0 radical (unpaired) electrons. The number of halogens is 1. The summed E-state index contributed by atoms with van der Waals surface area (Å²) in [5.41, 5.74) is 7.90. The van der Waals surface area contributed by atoms with Crippen LogP contribution in [0.25, 0.3) is 0 Å². The highest BCUT2D eigenvalue weighted by Gasteiger charge is 2.15. The summed E-state index contributed by atoms with van der Waals surface area (Å²) in [6.45, 7) is 2.97. The number of nitrogens with zero attached hydrogens (tertiary/aromatic N) is 2. The Labute approximate surface area is 106 Å². The van der Waals surface area contributed by atoms with Crippen molar-refractivity contribution in [2.75, 3.05) is 26.8 Å². The second kappa shape index (κ2) is 5.49. The van der Waals surface area contributed by atoms with Gasteiger partial charge in [0, 0.05) is 25.2 Å². The maximum absolute atomic E-state index is 6.00. The van der Waals surface area contributed by atoms with Gasteiger partial charge in [-0.2, -0.15) is 0 Å². The van der Waals surface area contributed by atoms with Crippen molar-refractivity contribution in [1.82, 2.24) is 4.90 Å². The number of fused-ring (bicyclic) bond motifs is 1. The molecule has 0 atom stereocenters. The first-order valence-corrected chi connectivity index (χ1v) is 5.89. The quantitative estimate of drug-likeness (QED) is 0.894. The van der Waals surface area contributed by atoms with E-state index in [9.17, 15) is 0 Å². The Kier molecular flexibility index (Phi) is 3.99. The molecule has 0 spiro atoms. The summed E-state index contributed by atoms with van der Waals surface area (Å²) in [6, 6.07) is 5.69. The lowest BCUT2D eigenvalue weighted by atomic mass is 10.2. The summed E-state index contributed by atoms with van der Waals surface area (Å²) in [5, 5.41) is 0.728. The molecule has 4 nitrogen and oxygen atoms in total. The molecular weight excluding hydrogens is 238 g/mol. The van der Waals surface area contributed by atoms with Gasteiger partial charge in [-0.15, -0.1) is 0 Å². The molecule has 0 unspecified atom stereocenters. The molecule has 0 amide bonds. The SMILES string of the molecule is COCCN1CC(N)=Nc2ccc(Cl)cc2C1. The van der Waals surface area contributed by atoms with E-state index in [4.69, 9.17) is 22.1 Å². The fourth-order valence-electron chi connectivity index (χ4n) is 1.88. The van der Waals surface area contributed by atoms with E-state index >= 15 is 0 Å². The van der Waals surface area contributed by atoms with E-state index in [2.05, 4.69) is 9.89 Å². The van der Waals surface area contributed by atoms with E-state index in [1.165, 1.54) is 0 Å². The number of methoxy groups -OCH3 is 1. The predicted octanol–water partition coefficient (Wildman–Crippen LogP) is 1.79. The van der Waals surface area contributed by atoms with Gasteiger partial charge in [0.15, 0.2) is 0 Å². The highest BCUT2D eigenvalue weighted by molar-refractivity contribution is 6.30. The van der Waals surface area contributed by atoms with E-state index in [1.807, 2.05) is 18.2 Å². The van der Waals surface area contributed by atoms with E-state index < -0.39 is 0 Å². The Morgan fingerprint density at radius 2 is 2.29 bits per heavy atom. The zero-order valence-corrected chi connectivity index (χ0v) is 10.6. The second-order valence-electron chi connectivity index (χ2n) is 4.08. The van der Waals surface area contributed by atoms with Gasteiger partial charge in [0.1, 0.15) is 5.84 Å². The van der Waals surface area contributed by atoms with Gasteiger partial charge < -0.3 is 10.5 Å². The average Bonchev–Trinajstić information content (AvgIpc) is 2.44. The Bertz CT molecular complexity index is 434. The van der Waals surface area contributed by atoms with Gasteiger partial charge in [-0.25, -0.2) is 4.99 Å². The number of hydrogen-bond donors (Lipinski definition) is 1. The number of nitrogens with two attached hydrogens (primary N) is 1. The van der Waals surface area contributed by atoms with Crippen LogP contribution in [0.5, 0.6) is 0 Å². The molecule has 1 aliphatic rings. The van der Waals surface area contributed by atoms with Gasteiger partial charge in [0.05, 0.1) is 18.8 Å². The van der Waals surface area contributed by atoms with Crippen LogP contribution in [0.15, 0.2) is 23.2 Å². The van der Waals surface area contributed by atoms with Gasteiger partial charge in [0.25, 0.3) is 0 Å². The summed E-state index contributed by atoms with van der Waals surface area (Å²) >= 11 is 6.00. The minimum absolute atomic E-state index is 0.627. The van der Waals surface area contributed by atoms with E-state index in [1.54, 1.807) is 7.11 Å². The lowest BCUT2D eigenvalue weighted by Gasteiger charge is -2.19. The van der Waals surface area contributed by atoms with Crippen LogP contribution >= 0.6 is 11.6 Å². The highest BCUT2D eigenvalue weighted by atomic mass is 35.5. The Hall–Kier alpha value is -1.10. The van der Waals surface area contributed by atoms with Gasteiger partial charge in [-0.1, -0.05) is 11.6 Å². The number of ether oxygens (including phenoxy) is 1. The van der Waals surface area contributed by atoms with Gasteiger partial charge in [-0.3, -0.25) is 4.90 Å². The number of rotatable bonds is 3.